The molecule has 1 saturated heterocycles. The molecule has 0 aliphatic carbocycles. The molecule has 0 saturated carbocycles. The van der Waals surface area contributed by atoms with Crippen molar-refractivity contribution in [2.75, 3.05) is 13.7 Å². The van der Waals surface area contributed by atoms with Crippen LogP contribution >= 0.6 is 7.82 Å². The molecule has 2 aliphatic rings. The average Bonchev–Trinajstić information content (AvgIpc) is 3.00. The highest BCUT2D eigenvalue weighted by atomic mass is 31.2. The van der Waals surface area contributed by atoms with Crippen molar-refractivity contribution in [1.29, 1.82) is 0 Å². The van der Waals surface area contributed by atoms with Crippen molar-refractivity contribution in [3.05, 3.63) is 71.3 Å². The van der Waals surface area contributed by atoms with E-state index in [0.717, 1.165) is 5.06 Å². The fraction of sp³-hybridized carbons (Fsp3) is 0.263. The van der Waals surface area contributed by atoms with Gasteiger partial charge in [0.2, 0.25) is 0 Å². The molecule has 3 atom stereocenters. The van der Waals surface area contributed by atoms with Crippen LogP contribution in [-0.4, -0.2) is 40.5 Å². The van der Waals surface area contributed by atoms with Crippen molar-refractivity contribution in [3.63, 3.8) is 0 Å². The number of carbonyl (C=O) groups is 2. The number of phosphoric ester groups is 1. The number of carbonyl (C=O) groups excluding carboxylic acids is 2. The summed E-state index contributed by atoms with van der Waals surface area (Å²) in [5.74, 6) is -0.599. The number of hydrogen-bond donors (Lipinski definition) is 1. The number of fused-ring (bicyclic) bond motifs is 4. The number of hydrogen-bond acceptors (Lipinski definition) is 6. The molecule has 2 aromatic rings. The quantitative estimate of drug-likeness (QED) is 0.568. The number of ether oxygens (including phenoxy) is 1. The van der Waals surface area contributed by atoms with E-state index in [1.807, 2.05) is 6.07 Å². The summed E-state index contributed by atoms with van der Waals surface area (Å²) in [6, 6.07) is 13.5. The number of phosphoric acid groups is 1. The lowest BCUT2D eigenvalue weighted by molar-refractivity contribution is -0.146. The number of urea groups is 1. The van der Waals surface area contributed by atoms with Gasteiger partial charge in [0.15, 0.2) is 6.04 Å². The van der Waals surface area contributed by atoms with Crippen LogP contribution in [0.4, 0.5) is 4.79 Å². The molecule has 0 spiro atoms. The van der Waals surface area contributed by atoms with Crippen molar-refractivity contribution < 1.29 is 32.9 Å². The molecule has 2 heterocycles. The van der Waals surface area contributed by atoms with E-state index >= 15 is 0 Å². The van der Waals surface area contributed by atoms with Crippen molar-refractivity contribution in [3.8, 4) is 0 Å². The first-order chi connectivity index (χ1) is 13.9. The van der Waals surface area contributed by atoms with E-state index in [9.17, 15) is 19.0 Å². The summed E-state index contributed by atoms with van der Waals surface area (Å²) in [6.45, 7) is -0.0410. The third-order valence-electron chi connectivity index (χ3n) is 4.90. The van der Waals surface area contributed by atoms with E-state index in [0.29, 0.717) is 16.7 Å². The Morgan fingerprint density at radius 1 is 1.14 bits per heavy atom. The molecule has 1 unspecified atom stereocenters. The van der Waals surface area contributed by atoms with Crippen LogP contribution in [0.3, 0.4) is 0 Å². The Bertz CT molecular complexity index is 984. The summed E-state index contributed by atoms with van der Waals surface area (Å²) in [5, 5.41) is 0.813. The predicted octanol–water partition coefficient (Wildman–Crippen LogP) is 2.94. The highest BCUT2D eigenvalue weighted by Crippen LogP contribution is 2.51. The third-order valence-corrected chi connectivity index (χ3v) is 5.74. The van der Waals surface area contributed by atoms with E-state index in [4.69, 9.17) is 13.9 Å². The van der Waals surface area contributed by atoms with Crippen LogP contribution in [0, 0.1) is 0 Å². The van der Waals surface area contributed by atoms with E-state index < -0.39 is 31.9 Å². The van der Waals surface area contributed by atoms with E-state index in [2.05, 4.69) is 0 Å². The fourth-order valence-corrected chi connectivity index (χ4v) is 4.36. The topological polar surface area (TPSA) is 106 Å². The zero-order valence-corrected chi connectivity index (χ0v) is 16.4. The molecule has 1 N–H and O–H groups in total. The first-order valence-electron chi connectivity index (χ1n) is 8.89. The van der Waals surface area contributed by atoms with Gasteiger partial charge < -0.3 is 14.5 Å². The molecular formula is C19H19N2O7P. The molecule has 2 aromatic carbocycles. The fourth-order valence-electron chi connectivity index (χ4n) is 3.59. The second-order valence-electron chi connectivity index (χ2n) is 6.64. The summed E-state index contributed by atoms with van der Waals surface area (Å²) < 4.78 is 27.5. The van der Waals surface area contributed by atoms with Crippen LogP contribution in [0.15, 0.2) is 54.6 Å². The Morgan fingerprint density at radius 2 is 1.79 bits per heavy atom. The Hall–Kier alpha value is -2.71. The summed E-state index contributed by atoms with van der Waals surface area (Å²) >= 11 is 0. The summed E-state index contributed by atoms with van der Waals surface area (Å²) in [4.78, 5) is 36.6. The van der Waals surface area contributed by atoms with Gasteiger partial charge in [-0.05, 0) is 16.7 Å². The van der Waals surface area contributed by atoms with Crippen molar-refractivity contribution >= 4 is 19.8 Å². The van der Waals surface area contributed by atoms with Gasteiger partial charge in [0.1, 0.15) is 6.04 Å². The maximum Gasteiger partial charge on any atom is 0.494 e. The zero-order chi connectivity index (χ0) is 20.6. The van der Waals surface area contributed by atoms with Crippen LogP contribution in [-0.2, 0) is 29.9 Å². The molecule has 10 heteroatoms. The largest absolute Gasteiger partial charge is 0.494 e. The molecule has 0 radical (unpaired) electrons. The maximum atomic E-state index is 12.9. The number of hydroxylamine groups is 2. The lowest BCUT2D eigenvalue weighted by Crippen LogP contribution is -2.38. The van der Waals surface area contributed by atoms with Gasteiger partial charge in [0, 0.05) is 0 Å². The monoisotopic (exact) mass is 418 g/mol. The molecule has 4 rings (SSSR count). The van der Waals surface area contributed by atoms with Crippen molar-refractivity contribution in [2.45, 2.75) is 18.7 Å². The number of esters is 1. The van der Waals surface area contributed by atoms with Gasteiger partial charge in [-0.2, -0.15) is 9.69 Å². The van der Waals surface area contributed by atoms with Gasteiger partial charge in [0.05, 0.1) is 20.3 Å². The highest BCUT2D eigenvalue weighted by Gasteiger charge is 2.53. The van der Waals surface area contributed by atoms with Gasteiger partial charge in [0.25, 0.3) is 0 Å². The van der Waals surface area contributed by atoms with Gasteiger partial charge in [-0.1, -0.05) is 54.6 Å². The highest BCUT2D eigenvalue weighted by molar-refractivity contribution is 7.47. The number of rotatable bonds is 6. The van der Waals surface area contributed by atoms with Crippen molar-refractivity contribution in [2.24, 2.45) is 0 Å². The Kier molecular flexibility index (Phi) is 5.14. The first kappa shape index (κ1) is 19.6. The molecule has 0 aromatic heterocycles. The molecule has 152 valence electrons. The number of benzene rings is 2. The van der Waals surface area contributed by atoms with Gasteiger partial charge >= 0.3 is 19.8 Å². The lowest BCUT2D eigenvalue weighted by atomic mass is 9.91. The van der Waals surface area contributed by atoms with Crippen LogP contribution in [0.2, 0.25) is 0 Å². The van der Waals surface area contributed by atoms with Crippen LogP contribution in [0.1, 0.15) is 28.8 Å². The minimum absolute atomic E-state index is 0.119. The van der Waals surface area contributed by atoms with Gasteiger partial charge in [-0.3, -0.25) is 4.52 Å². The predicted molar refractivity (Wildman–Crippen MR) is 100 cm³/mol. The molecular weight excluding hydrogens is 399 g/mol. The third kappa shape index (κ3) is 3.65. The first-order valence-corrected chi connectivity index (χ1v) is 10.4. The second-order valence-corrected chi connectivity index (χ2v) is 8.00. The lowest BCUT2D eigenvalue weighted by Gasteiger charge is -2.30. The number of nitrogens with zero attached hydrogens (tertiary/aromatic N) is 2. The summed E-state index contributed by atoms with van der Waals surface area (Å²) in [7, 11) is -3.35. The number of methoxy groups -OCH3 is 1. The Balaban J connectivity index is 1.57. The standard InChI is InChI=1S/C19H19N2O7P/c1-26-18(22)17-15-10-6-5-9-14(15)16-11-20(17)19(23)21(16)28-29(24,25)27-12-13-7-3-2-4-8-13/h2-10,16-17H,11-12H2,1H3,(H,24,25)/t16-,17+/m0/s1. The van der Waals surface area contributed by atoms with Crippen LogP contribution in [0.5, 0.6) is 0 Å². The summed E-state index contributed by atoms with van der Waals surface area (Å²) in [5.41, 5.74) is 1.91. The molecule has 2 aliphatic heterocycles. The Labute approximate surface area is 167 Å². The van der Waals surface area contributed by atoms with Gasteiger partial charge in [-0.15, -0.1) is 0 Å². The minimum atomic E-state index is -4.59. The van der Waals surface area contributed by atoms with Crippen molar-refractivity contribution in [1.82, 2.24) is 9.96 Å². The van der Waals surface area contributed by atoms with E-state index in [1.54, 1.807) is 48.5 Å². The molecule has 9 nitrogen and oxygen atoms in total. The maximum absolute atomic E-state index is 12.9. The van der Waals surface area contributed by atoms with Gasteiger partial charge in [-0.25, -0.2) is 14.2 Å². The molecule has 29 heavy (non-hydrogen) atoms. The smallest absolute Gasteiger partial charge is 0.467 e. The molecule has 1 fully saturated rings. The SMILES string of the molecule is COC(=O)[C@H]1c2ccccc2[C@@H]2CN1C(=O)N2OP(=O)(O)OCc1ccccc1. The van der Waals surface area contributed by atoms with Crippen LogP contribution < -0.4 is 0 Å². The molecule has 2 bridgehead atoms. The van der Waals surface area contributed by atoms with Crippen LogP contribution in [0.25, 0.3) is 0 Å². The van der Waals surface area contributed by atoms with E-state index in [1.165, 1.54) is 12.0 Å². The Morgan fingerprint density at radius 3 is 2.48 bits per heavy atom. The molecule has 2 amide bonds. The average molecular weight is 418 g/mol. The normalized spacial score (nSPS) is 22.2. The summed E-state index contributed by atoms with van der Waals surface area (Å²) in [6.07, 6.45) is 0. The zero-order valence-electron chi connectivity index (χ0n) is 15.5. The van der Waals surface area contributed by atoms with E-state index in [-0.39, 0.29) is 13.2 Å². The number of amides is 2. The second kappa shape index (κ2) is 7.61. The minimum Gasteiger partial charge on any atom is -0.467 e.